The van der Waals surface area contributed by atoms with Crippen LogP contribution in [-0.2, 0) is 0 Å². The molecule has 2 aromatic carbocycles. The second-order valence-electron chi connectivity index (χ2n) is 7.49. The quantitative estimate of drug-likeness (QED) is 0.288. The molecule has 8 heteroatoms. The number of amides is 1. The standard InChI is InChI=1S/C27H18N6O2/c1-28-18-5-6-24-23(16-18)25(10-14-30-24)32-20-7-13-31-26(17-20)27(34)33-19-3-2-4-22(15-19)35-21-8-11-29-12-9-21/h2-17H,(H,33,34)(H,30,31,32). The van der Waals surface area contributed by atoms with E-state index in [2.05, 4.69) is 30.4 Å². The third-order valence-corrected chi connectivity index (χ3v) is 5.10. The Morgan fingerprint density at radius 2 is 1.69 bits per heavy atom. The Bertz CT molecular complexity index is 1560. The minimum atomic E-state index is -0.357. The molecule has 3 heterocycles. The first-order valence-corrected chi connectivity index (χ1v) is 10.7. The molecule has 0 radical (unpaired) electrons. The molecule has 2 N–H and O–H groups in total. The summed E-state index contributed by atoms with van der Waals surface area (Å²) in [5.41, 5.74) is 3.57. The number of hydrogen-bond acceptors (Lipinski definition) is 6. The molecule has 0 unspecified atom stereocenters. The molecule has 0 fully saturated rings. The minimum Gasteiger partial charge on any atom is -0.457 e. The van der Waals surface area contributed by atoms with Crippen molar-refractivity contribution in [3.63, 3.8) is 0 Å². The van der Waals surface area contributed by atoms with Gasteiger partial charge in [0.25, 0.3) is 5.91 Å². The Balaban J connectivity index is 1.33. The molecule has 0 aliphatic heterocycles. The lowest BCUT2D eigenvalue weighted by Gasteiger charge is -2.11. The van der Waals surface area contributed by atoms with E-state index in [4.69, 9.17) is 11.3 Å². The number of nitrogens with zero attached hydrogens (tertiary/aromatic N) is 4. The van der Waals surface area contributed by atoms with Crippen molar-refractivity contribution < 1.29 is 9.53 Å². The molecule has 8 nitrogen and oxygen atoms in total. The van der Waals surface area contributed by atoms with Gasteiger partial charge in [-0.15, -0.1) is 0 Å². The lowest BCUT2D eigenvalue weighted by molar-refractivity contribution is 0.102. The summed E-state index contributed by atoms with van der Waals surface area (Å²) in [5, 5.41) is 6.98. The van der Waals surface area contributed by atoms with E-state index in [0.29, 0.717) is 28.6 Å². The second-order valence-corrected chi connectivity index (χ2v) is 7.49. The molecule has 1 amide bonds. The van der Waals surface area contributed by atoms with Gasteiger partial charge in [0.15, 0.2) is 5.69 Å². The van der Waals surface area contributed by atoms with E-state index in [-0.39, 0.29) is 11.6 Å². The second kappa shape index (κ2) is 9.68. The van der Waals surface area contributed by atoms with Crippen LogP contribution in [0.4, 0.5) is 22.7 Å². The first-order chi connectivity index (χ1) is 17.2. The van der Waals surface area contributed by atoms with Crippen LogP contribution in [0.3, 0.4) is 0 Å². The van der Waals surface area contributed by atoms with E-state index in [0.717, 1.165) is 16.6 Å². The van der Waals surface area contributed by atoms with Gasteiger partial charge < -0.3 is 15.4 Å². The maximum atomic E-state index is 12.9. The molecule has 3 aromatic heterocycles. The highest BCUT2D eigenvalue weighted by atomic mass is 16.5. The number of benzene rings is 2. The average molecular weight is 458 g/mol. The van der Waals surface area contributed by atoms with Gasteiger partial charge in [0.05, 0.1) is 12.1 Å². The zero-order chi connectivity index (χ0) is 24.0. The van der Waals surface area contributed by atoms with Gasteiger partial charge in [-0.25, -0.2) is 4.85 Å². The van der Waals surface area contributed by atoms with Crippen molar-refractivity contribution in [2.45, 2.75) is 0 Å². The smallest absolute Gasteiger partial charge is 0.274 e. The van der Waals surface area contributed by atoms with Crippen LogP contribution in [0.25, 0.3) is 15.7 Å². The summed E-state index contributed by atoms with van der Waals surface area (Å²) in [6.45, 7) is 7.27. The Labute approximate surface area is 201 Å². The number of aromatic nitrogens is 3. The van der Waals surface area contributed by atoms with Crippen LogP contribution in [0.5, 0.6) is 11.5 Å². The molecule has 0 aliphatic carbocycles. The van der Waals surface area contributed by atoms with Crippen molar-refractivity contribution in [1.82, 2.24) is 15.0 Å². The molecule has 0 aliphatic rings. The number of anilines is 3. The van der Waals surface area contributed by atoms with Crippen molar-refractivity contribution in [2.24, 2.45) is 0 Å². The molecular weight excluding hydrogens is 440 g/mol. The molecule has 0 bridgehead atoms. The first kappa shape index (κ1) is 21.6. The van der Waals surface area contributed by atoms with Crippen molar-refractivity contribution in [2.75, 3.05) is 10.6 Å². The Morgan fingerprint density at radius 1 is 0.829 bits per heavy atom. The van der Waals surface area contributed by atoms with Crippen LogP contribution in [0.1, 0.15) is 10.5 Å². The van der Waals surface area contributed by atoms with Gasteiger partial charge in [0.2, 0.25) is 0 Å². The summed E-state index contributed by atoms with van der Waals surface area (Å²) in [4.78, 5) is 28.9. The van der Waals surface area contributed by atoms with Gasteiger partial charge in [-0.05, 0) is 54.6 Å². The monoisotopic (exact) mass is 458 g/mol. The van der Waals surface area contributed by atoms with Crippen molar-refractivity contribution in [3.8, 4) is 11.5 Å². The lowest BCUT2D eigenvalue weighted by atomic mass is 10.1. The number of carbonyl (C=O) groups excluding carboxylic acids is 1. The van der Waals surface area contributed by atoms with E-state index in [1.807, 2.05) is 12.1 Å². The molecule has 0 atom stereocenters. The molecule has 5 rings (SSSR count). The number of pyridine rings is 3. The number of hydrogen-bond donors (Lipinski definition) is 2. The Kier molecular flexibility index (Phi) is 5.96. The van der Waals surface area contributed by atoms with Crippen molar-refractivity contribution in [3.05, 3.63) is 115 Å². The zero-order valence-electron chi connectivity index (χ0n) is 18.3. The molecule has 0 spiro atoms. The SMILES string of the molecule is [C-]#[N+]c1ccc2nccc(Nc3ccnc(C(=O)Nc4cccc(Oc5ccncc5)c4)c3)c2c1. The topological polar surface area (TPSA) is 93.4 Å². The third kappa shape index (κ3) is 5.05. The number of rotatable bonds is 6. The highest BCUT2D eigenvalue weighted by Gasteiger charge is 2.11. The Hall–Kier alpha value is -5.29. The van der Waals surface area contributed by atoms with E-state index in [1.54, 1.807) is 85.5 Å². The average Bonchev–Trinajstić information content (AvgIpc) is 2.89. The number of nitrogens with one attached hydrogen (secondary N) is 2. The van der Waals surface area contributed by atoms with Gasteiger partial charge in [-0.1, -0.05) is 12.1 Å². The van der Waals surface area contributed by atoms with Crippen LogP contribution in [0.2, 0.25) is 0 Å². The summed E-state index contributed by atoms with van der Waals surface area (Å²) in [6, 6.07) is 21.2. The lowest BCUT2D eigenvalue weighted by Crippen LogP contribution is -2.13. The van der Waals surface area contributed by atoms with Crippen LogP contribution < -0.4 is 15.4 Å². The number of ether oxygens (including phenoxy) is 1. The van der Waals surface area contributed by atoms with Crippen LogP contribution in [0.15, 0.2) is 97.6 Å². The summed E-state index contributed by atoms with van der Waals surface area (Å²) < 4.78 is 5.80. The van der Waals surface area contributed by atoms with E-state index in [9.17, 15) is 4.79 Å². The highest BCUT2D eigenvalue weighted by Crippen LogP contribution is 2.29. The van der Waals surface area contributed by atoms with Gasteiger partial charge >= 0.3 is 0 Å². The molecule has 5 aromatic rings. The number of fused-ring (bicyclic) bond motifs is 1. The normalized spacial score (nSPS) is 10.4. The summed E-state index contributed by atoms with van der Waals surface area (Å²) in [7, 11) is 0. The largest absolute Gasteiger partial charge is 0.457 e. The summed E-state index contributed by atoms with van der Waals surface area (Å²) in [6.07, 6.45) is 6.55. The fraction of sp³-hybridized carbons (Fsp3) is 0. The number of carbonyl (C=O) groups is 1. The maximum Gasteiger partial charge on any atom is 0.274 e. The molecule has 0 saturated carbocycles. The Morgan fingerprint density at radius 3 is 2.54 bits per heavy atom. The van der Waals surface area contributed by atoms with Gasteiger partial charge in [-0.3, -0.25) is 19.7 Å². The van der Waals surface area contributed by atoms with E-state index in [1.165, 1.54) is 0 Å². The van der Waals surface area contributed by atoms with Crippen molar-refractivity contribution in [1.29, 1.82) is 0 Å². The van der Waals surface area contributed by atoms with Gasteiger partial charge in [0.1, 0.15) is 17.2 Å². The summed E-state index contributed by atoms with van der Waals surface area (Å²) >= 11 is 0. The fourth-order valence-electron chi connectivity index (χ4n) is 3.48. The molecule has 0 saturated heterocycles. The highest BCUT2D eigenvalue weighted by molar-refractivity contribution is 6.03. The minimum absolute atomic E-state index is 0.246. The van der Waals surface area contributed by atoms with Crippen LogP contribution >= 0.6 is 0 Å². The fourth-order valence-corrected chi connectivity index (χ4v) is 3.48. The van der Waals surface area contributed by atoms with Crippen LogP contribution in [0, 0.1) is 6.57 Å². The zero-order valence-corrected chi connectivity index (χ0v) is 18.3. The van der Waals surface area contributed by atoms with Gasteiger partial charge in [0, 0.05) is 53.3 Å². The molecule has 35 heavy (non-hydrogen) atoms. The maximum absolute atomic E-state index is 12.9. The predicted octanol–water partition coefficient (Wildman–Crippen LogP) is 6.36. The predicted molar refractivity (Wildman–Crippen MR) is 134 cm³/mol. The first-order valence-electron chi connectivity index (χ1n) is 10.7. The summed E-state index contributed by atoms with van der Waals surface area (Å²) in [5.74, 6) is 0.876. The van der Waals surface area contributed by atoms with E-state index >= 15 is 0 Å². The van der Waals surface area contributed by atoms with Crippen molar-refractivity contribution >= 4 is 39.6 Å². The third-order valence-electron chi connectivity index (χ3n) is 5.10. The van der Waals surface area contributed by atoms with Crippen LogP contribution in [-0.4, -0.2) is 20.9 Å². The van der Waals surface area contributed by atoms with E-state index < -0.39 is 0 Å². The molecule has 168 valence electrons. The molecular formula is C27H18N6O2. The van der Waals surface area contributed by atoms with Gasteiger partial charge in [-0.2, -0.15) is 0 Å².